The minimum Gasteiger partial charge on any atom is -0.148 e. The van der Waals surface area contributed by atoms with E-state index in [0.717, 1.165) is 6.42 Å². The predicted molar refractivity (Wildman–Crippen MR) is 54.6 cm³/mol. The highest BCUT2D eigenvalue weighted by atomic mass is 32.1. The van der Waals surface area contributed by atoms with Crippen LogP contribution in [0.5, 0.6) is 0 Å². The van der Waals surface area contributed by atoms with Gasteiger partial charge in [0, 0.05) is 10.8 Å². The first-order valence-corrected chi connectivity index (χ1v) is 5.12. The summed E-state index contributed by atoms with van der Waals surface area (Å²) in [5, 5.41) is 2.15. The number of rotatable bonds is 1. The normalized spacial score (nSPS) is 22.4. The SMILES string of the molecule is CC1=CC(c2cccs2)CC=C1. The standard InChI is InChI=1S/C11H12S/c1-9-4-2-5-10(8-9)11-6-3-7-12-11/h2-4,6-8,10H,5H2,1H3. The van der Waals surface area contributed by atoms with Crippen LogP contribution in [-0.4, -0.2) is 0 Å². The molecule has 1 aromatic heterocycles. The van der Waals surface area contributed by atoms with E-state index in [1.165, 1.54) is 10.5 Å². The van der Waals surface area contributed by atoms with Gasteiger partial charge in [0.25, 0.3) is 0 Å². The zero-order chi connectivity index (χ0) is 8.39. The molecule has 1 aromatic rings. The molecule has 0 bridgehead atoms. The van der Waals surface area contributed by atoms with E-state index in [1.807, 2.05) is 11.3 Å². The van der Waals surface area contributed by atoms with Crippen molar-refractivity contribution < 1.29 is 0 Å². The third-order valence-corrected chi connectivity index (χ3v) is 3.15. The molecule has 0 spiro atoms. The van der Waals surface area contributed by atoms with E-state index < -0.39 is 0 Å². The van der Waals surface area contributed by atoms with Gasteiger partial charge in [-0.05, 0) is 24.8 Å². The molecular formula is C11H12S. The Morgan fingerprint density at radius 3 is 3.08 bits per heavy atom. The Kier molecular flexibility index (Phi) is 2.13. The van der Waals surface area contributed by atoms with Gasteiger partial charge < -0.3 is 0 Å². The number of thiophene rings is 1. The lowest BCUT2D eigenvalue weighted by molar-refractivity contribution is 0.862. The summed E-state index contributed by atoms with van der Waals surface area (Å²) in [7, 11) is 0. The summed E-state index contributed by atoms with van der Waals surface area (Å²) in [6.45, 7) is 2.16. The molecule has 0 radical (unpaired) electrons. The molecule has 0 saturated heterocycles. The molecule has 0 nitrogen and oxygen atoms in total. The Balaban J connectivity index is 2.22. The van der Waals surface area contributed by atoms with Crippen LogP contribution in [0.4, 0.5) is 0 Å². The van der Waals surface area contributed by atoms with Crippen molar-refractivity contribution in [3.8, 4) is 0 Å². The van der Waals surface area contributed by atoms with Crippen molar-refractivity contribution in [2.45, 2.75) is 19.3 Å². The molecule has 0 saturated carbocycles. The molecule has 0 aliphatic heterocycles. The van der Waals surface area contributed by atoms with Crippen LogP contribution < -0.4 is 0 Å². The second kappa shape index (κ2) is 3.28. The van der Waals surface area contributed by atoms with Crippen molar-refractivity contribution >= 4 is 11.3 Å². The van der Waals surface area contributed by atoms with Gasteiger partial charge >= 0.3 is 0 Å². The third-order valence-electron chi connectivity index (χ3n) is 2.14. The van der Waals surface area contributed by atoms with Crippen molar-refractivity contribution in [1.82, 2.24) is 0 Å². The lowest BCUT2D eigenvalue weighted by Crippen LogP contribution is -1.94. The van der Waals surface area contributed by atoms with Crippen LogP contribution in [-0.2, 0) is 0 Å². The average molecular weight is 176 g/mol. The van der Waals surface area contributed by atoms with Gasteiger partial charge in [-0.25, -0.2) is 0 Å². The van der Waals surface area contributed by atoms with Crippen LogP contribution in [0.3, 0.4) is 0 Å². The number of hydrogen-bond acceptors (Lipinski definition) is 1. The van der Waals surface area contributed by atoms with Crippen LogP contribution in [0.2, 0.25) is 0 Å². The summed E-state index contributed by atoms with van der Waals surface area (Å²) < 4.78 is 0. The van der Waals surface area contributed by atoms with E-state index in [9.17, 15) is 0 Å². The largest absolute Gasteiger partial charge is 0.148 e. The average Bonchev–Trinajstić information content (AvgIpc) is 2.56. The van der Waals surface area contributed by atoms with Crippen LogP contribution in [0.25, 0.3) is 0 Å². The van der Waals surface area contributed by atoms with E-state index in [4.69, 9.17) is 0 Å². The second-order valence-corrected chi connectivity index (χ2v) is 4.15. The van der Waals surface area contributed by atoms with Crippen LogP contribution in [0, 0.1) is 0 Å². The quantitative estimate of drug-likeness (QED) is 0.611. The molecule has 1 unspecified atom stereocenters. The summed E-state index contributed by atoms with van der Waals surface area (Å²) >= 11 is 1.85. The molecular weight excluding hydrogens is 164 g/mol. The van der Waals surface area contributed by atoms with Crippen molar-refractivity contribution in [3.05, 3.63) is 46.2 Å². The fourth-order valence-corrected chi connectivity index (χ4v) is 2.35. The van der Waals surface area contributed by atoms with Gasteiger partial charge in [0.05, 0.1) is 0 Å². The summed E-state index contributed by atoms with van der Waals surface area (Å²) in [6.07, 6.45) is 7.98. The fraction of sp³-hybridized carbons (Fsp3) is 0.273. The molecule has 1 atom stereocenters. The fourth-order valence-electron chi connectivity index (χ4n) is 1.54. The van der Waals surface area contributed by atoms with Gasteiger partial charge in [0.15, 0.2) is 0 Å². The Morgan fingerprint density at radius 1 is 1.50 bits per heavy atom. The van der Waals surface area contributed by atoms with Gasteiger partial charge in [-0.15, -0.1) is 11.3 Å². The Labute approximate surface area is 77.2 Å². The number of hydrogen-bond donors (Lipinski definition) is 0. The molecule has 0 amide bonds. The van der Waals surface area contributed by atoms with Crippen LogP contribution in [0.1, 0.15) is 24.1 Å². The third kappa shape index (κ3) is 1.51. The van der Waals surface area contributed by atoms with E-state index in [1.54, 1.807) is 0 Å². The van der Waals surface area contributed by atoms with Gasteiger partial charge in [-0.1, -0.05) is 29.9 Å². The monoisotopic (exact) mass is 176 g/mol. The minimum atomic E-state index is 0.634. The maximum absolute atomic E-state index is 2.35. The number of allylic oxidation sites excluding steroid dienone is 4. The summed E-state index contributed by atoms with van der Waals surface area (Å²) in [5.74, 6) is 0.634. The molecule has 2 rings (SSSR count). The van der Waals surface area contributed by atoms with Crippen molar-refractivity contribution in [2.75, 3.05) is 0 Å². The molecule has 0 aromatic carbocycles. The highest BCUT2D eigenvalue weighted by Gasteiger charge is 2.10. The first kappa shape index (κ1) is 7.81. The van der Waals surface area contributed by atoms with Gasteiger partial charge in [-0.3, -0.25) is 0 Å². The Hall–Kier alpha value is -0.820. The zero-order valence-corrected chi connectivity index (χ0v) is 7.97. The molecule has 1 heteroatoms. The molecule has 12 heavy (non-hydrogen) atoms. The Morgan fingerprint density at radius 2 is 2.42 bits per heavy atom. The molecule has 1 aliphatic rings. The molecule has 1 aliphatic carbocycles. The molecule has 1 heterocycles. The lowest BCUT2D eigenvalue weighted by atomic mass is 9.96. The smallest absolute Gasteiger partial charge is 0.0152 e. The van der Waals surface area contributed by atoms with Crippen LogP contribution in [0.15, 0.2) is 41.3 Å². The van der Waals surface area contributed by atoms with E-state index in [0.29, 0.717) is 5.92 Å². The topological polar surface area (TPSA) is 0 Å². The van der Waals surface area contributed by atoms with Crippen molar-refractivity contribution in [3.63, 3.8) is 0 Å². The maximum atomic E-state index is 2.35. The highest BCUT2D eigenvalue weighted by Crippen LogP contribution is 2.29. The first-order valence-electron chi connectivity index (χ1n) is 4.24. The lowest BCUT2D eigenvalue weighted by Gasteiger charge is -2.12. The van der Waals surface area contributed by atoms with Gasteiger partial charge in [0.1, 0.15) is 0 Å². The van der Waals surface area contributed by atoms with E-state index >= 15 is 0 Å². The van der Waals surface area contributed by atoms with Crippen molar-refractivity contribution in [2.24, 2.45) is 0 Å². The maximum Gasteiger partial charge on any atom is 0.0152 e. The van der Waals surface area contributed by atoms with Gasteiger partial charge in [-0.2, -0.15) is 0 Å². The summed E-state index contributed by atoms with van der Waals surface area (Å²) in [5.41, 5.74) is 1.39. The van der Waals surface area contributed by atoms with E-state index in [2.05, 4.69) is 42.7 Å². The molecule has 0 fully saturated rings. The molecule has 62 valence electrons. The van der Waals surface area contributed by atoms with Gasteiger partial charge in [0.2, 0.25) is 0 Å². The zero-order valence-electron chi connectivity index (χ0n) is 7.16. The Bertz CT molecular complexity index is 304. The summed E-state index contributed by atoms with van der Waals surface area (Å²) in [4.78, 5) is 1.48. The predicted octanol–water partition coefficient (Wildman–Crippen LogP) is 3.74. The van der Waals surface area contributed by atoms with Crippen LogP contribution >= 0.6 is 11.3 Å². The highest BCUT2D eigenvalue weighted by molar-refractivity contribution is 7.10. The minimum absolute atomic E-state index is 0.634. The first-order chi connectivity index (χ1) is 5.86. The summed E-state index contributed by atoms with van der Waals surface area (Å²) in [6, 6.07) is 4.35. The second-order valence-electron chi connectivity index (χ2n) is 3.17. The van der Waals surface area contributed by atoms with E-state index in [-0.39, 0.29) is 0 Å². The van der Waals surface area contributed by atoms with Crippen molar-refractivity contribution in [1.29, 1.82) is 0 Å². The molecule has 0 N–H and O–H groups in total.